The zero-order valence-electron chi connectivity index (χ0n) is 10.7. The number of aliphatic hydroxyl groups is 1. The smallest absolute Gasteiger partial charge is 0.336 e. The van der Waals surface area contributed by atoms with E-state index in [1.54, 1.807) is 26.0 Å². The van der Waals surface area contributed by atoms with Crippen molar-refractivity contribution >= 4 is 5.97 Å². The van der Waals surface area contributed by atoms with Crippen molar-refractivity contribution in [3.05, 3.63) is 35.1 Å². The minimum absolute atomic E-state index is 0.112. The zero-order valence-corrected chi connectivity index (χ0v) is 10.7. The number of hydrogen-bond donors (Lipinski definition) is 3. The summed E-state index contributed by atoms with van der Waals surface area (Å²) < 4.78 is 13.4. The number of rotatable bonds is 5. The van der Waals surface area contributed by atoms with E-state index >= 15 is 0 Å². The van der Waals surface area contributed by atoms with E-state index in [9.17, 15) is 14.3 Å². The quantitative estimate of drug-likeness (QED) is 0.747. The maximum atomic E-state index is 13.4. The fourth-order valence-corrected chi connectivity index (χ4v) is 1.42. The largest absolute Gasteiger partial charge is 0.479 e. The maximum Gasteiger partial charge on any atom is 0.336 e. The second kappa shape index (κ2) is 5.46. The standard InChI is InChI=1S/C13H18FNO3/c1-8-4-5-10(6-11(8)14)9(2)15-7-13(3,18)12(16)17/h4-6,9,15,18H,7H2,1-3H3,(H,16,17). The number of carboxylic acids is 1. The molecule has 0 aliphatic carbocycles. The Kier molecular flexibility index (Phi) is 4.43. The molecule has 2 unspecified atom stereocenters. The SMILES string of the molecule is Cc1ccc(C(C)NCC(C)(O)C(=O)O)cc1F. The van der Waals surface area contributed by atoms with Crippen LogP contribution in [0.1, 0.15) is 31.0 Å². The lowest BCUT2D eigenvalue weighted by Gasteiger charge is -2.22. The van der Waals surface area contributed by atoms with E-state index in [2.05, 4.69) is 5.32 Å². The molecule has 3 N–H and O–H groups in total. The van der Waals surface area contributed by atoms with Crippen LogP contribution in [0.3, 0.4) is 0 Å². The second-order valence-corrected chi connectivity index (χ2v) is 4.69. The highest BCUT2D eigenvalue weighted by molar-refractivity contribution is 5.76. The first-order valence-electron chi connectivity index (χ1n) is 5.69. The minimum Gasteiger partial charge on any atom is -0.479 e. The van der Waals surface area contributed by atoms with Crippen LogP contribution in [0, 0.1) is 12.7 Å². The number of hydrogen-bond acceptors (Lipinski definition) is 3. The molecule has 100 valence electrons. The number of halogens is 1. The molecule has 0 radical (unpaired) electrons. The van der Waals surface area contributed by atoms with Gasteiger partial charge in [-0.25, -0.2) is 9.18 Å². The van der Waals surface area contributed by atoms with Gasteiger partial charge in [-0.05, 0) is 38.0 Å². The lowest BCUT2D eigenvalue weighted by atomic mass is 10.0. The Labute approximate surface area is 105 Å². The van der Waals surface area contributed by atoms with Crippen molar-refractivity contribution in [3.8, 4) is 0 Å². The van der Waals surface area contributed by atoms with E-state index in [0.717, 1.165) is 0 Å². The molecule has 4 nitrogen and oxygen atoms in total. The van der Waals surface area contributed by atoms with E-state index in [1.165, 1.54) is 13.0 Å². The number of carboxylic acid groups (broad SMARTS) is 1. The summed E-state index contributed by atoms with van der Waals surface area (Å²) in [5.74, 6) is -1.59. The van der Waals surface area contributed by atoms with Gasteiger partial charge in [-0.2, -0.15) is 0 Å². The first-order valence-corrected chi connectivity index (χ1v) is 5.69. The summed E-state index contributed by atoms with van der Waals surface area (Å²) in [6.45, 7) is 4.55. The van der Waals surface area contributed by atoms with Crippen molar-refractivity contribution < 1.29 is 19.4 Å². The van der Waals surface area contributed by atoms with Crippen LogP contribution in [0.5, 0.6) is 0 Å². The highest BCUT2D eigenvalue weighted by Crippen LogP contribution is 2.17. The van der Waals surface area contributed by atoms with Gasteiger partial charge in [0.1, 0.15) is 5.82 Å². The van der Waals surface area contributed by atoms with Crippen LogP contribution < -0.4 is 5.32 Å². The number of nitrogens with one attached hydrogen (secondary N) is 1. The van der Waals surface area contributed by atoms with Crippen LogP contribution in [-0.2, 0) is 4.79 Å². The third-order valence-corrected chi connectivity index (χ3v) is 2.91. The second-order valence-electron chi connectivity index (χ2n) is 4.69. The predicted octanol–water partition coefficient (Wildman–Crippen LogP) is 1.62. The molecular weight excluding hydrogens is 237 g/mol. The lowest BCUT2D eigenvalue weighted by molar-refractivity contribution is -0.156. The number of carbonyl (C=O) groups is 1. The molecule has 0 amide bonds. The summed E-state index contributed by atoms with van der Waals surface area (Å²) in [4.78, 5) is 10.7. The number of benzene rings is 1. The first kappa shape index (κ1) is 14.6. The Balaban J connectivity index is 2.68. The molecule has 0 aromatic heterocycles. The van der Waals surface area contributed by atoms with Gasteiger partial charge in [0.25, 0.3) is 0 Å². The highest BCUT2D eigenvalue weighted by Gasteiger charge is 2.29. The summed E-state index contributed by atoms with van der Waals surface area (Å²) in [6, 6.07) is 4.59. The van der Waals surface area contributed by atoms with Gasteiger partial charge >= 0.3 is 5.97 Å². The Morgan fingerprint density at radius 2 is 2.17 bits per heavy atom. The molecular formula is C13H18FNO3. The molecule has 0 aliphatic heterocycles. The molecule has 18 heavy (non-hydrogen) atoms. The van der Waals surface area contributed by atoms with Gasteiger partial charge in [0.15, 0.2) is 5.60 Å². The molecule has 0 aliphatic rings. The van der Waals surface area contributed by atoms with E-state index in [-0.39, 0.29) is 18.4 Å². The molecule has 5 heteroatoms. The van der Waals surface area contributed by atoms with Crippen molar-refractivity contribution in [2.24, 2.45) is 0 Å². The van der Waals surface area contributed by atoms with Gasteiger partial charge in [0.2, 0.25) is 0 Å². The molecule has 1 aromatic carbocycles. The van der Waals surface area contributed by atoms with Gasteiger partial charge < -0.3 is 15.5 Å². The van der Waals surface area contributed by atoms with Gasteiger partial charge in [-0.3, -0.25) is 0 Å². The monoisotopic (exact) mass is 255 g/mol. The van der Waals surface area contributed by atoms with Crippen LogP contribution in [0.2, 0.25) is 0 Å². The van der Waals surface area contributed by atoms with Crippen molar-refractivity contribution in [1.82, 2.24) is 5.32 Å². The Morgan fingerprint density at radius 3 is 2.67 bits per heavy atom. The van der Waals surface area contributed by atoms with Crippen molar-refractivity contribution in [2.45, 2.75) is 32.4 Å². The molecule has 0 heterocycles. The third kappa shape index (κ3) is 3.51. The minimum atomic E-state index is -1.84. The third-order valence-electron chi connectivity index (χ3n) is 2.91. The fourth-order valence-electron chi connectivity index (χ4n) is 1.42. The van der Waals surface area contributed by atoms with Gasteiger partial charge in [-0.1, -0.05) is 12.1 Å². The molecule has 0 spiro atoms. The lowest BCUT2D eigenvalue weighted by Crippen LogP contribution is -2.45. The maximum absolute atomic E-state index is 13.4. The van der Waals surface area contributed by atoms with Crippen LogP contribution in [0.15, 0.2) is 18.2 Å². The van der Waals surface area contributed by atoms with Gasteiger partial charge in [0, 0.05) is 12.6 Å². The van der Waals surface area contributed by atoms with Crippen LogP contribution in [-0.4, -0.2) is 28.3 Å². The van der Waals surface area contributed by atoms with Crippen molar-refractivity contribution in [1.29, 1.82) is 0 Å². The Morgan fingerprint density at radius 1 is 1.56 bits per heavy atom. The van der Waals surface area contributed by atoms with E-state index in [0.29, 0.717) is 11.1 Å². The average Bonchev–Trinajstić information content (AvgIpc) is 2.29. The molecule has 2 atom stereocenters. The summed E-state index contributed by atoms with van der Waals surface area (Å²) >= 11 is 0. The summed E-state index contributed by atoms with van der Waals surface area (Å²) in [7, 11) is 0. The van der Waals surface area contributed by atoms with E-state index in [1.807, 2.05) is 0 Å². The molecule has 1 aromatic rings. The number of aryl methyl sites for hydroxylation is 1. The number of aliphatic carboxylic acids is 1. The first-order chi connectivity index (χ1) is 8.24. The summed E-state index contributed by atoms with van der Waals surface area (Å²) in [6.07, 6.45) is 0. The summed E-state index contributed by atoms with van der Waals surface area (Å²) in [5.41, 5.74) is -0.569. The fraction of sp³-hybridized carbons (Fsp3) is 0.462. The molecule has 0 saturated heterocycles. The van der Waals surface area contributed by atoms with E-state index < -0.39 is 11.6 Å². The zero-order chi connectivity index (χ0) is 13.9. The van der Waals surface area contributed by atoms with Crippen LogP contribution >= 0.6 is 0 Å². The predicted molar refractivity (Wildman–Crippen MR) is 65.8 cm³/mol. The Bertz CT molecular complexity index is 446. The van der Waals surface area contributed by atoms with Crippen LogP contribution in [0.4, 0.5) is 4.39 Å². The normalized spacial score (nSPS) is 16.1. The van der Waals surface area contributed by atoms with Gasteiger partial charge in [0.05, 0.1) is 0 Å². The van der Waals surface area contributed by atoms with Gasteiger partial charge in [-0.15, -0.1) is 0 Å². The highest BCUT2D eigenvalue weighted by atomic mass is 19.1. The molecule has 0 saturated carbocycles. The van der Waals surface area contributed by atoms with Crippen molar-refractivity contribution in [2.75, 3.05) is 6.54 Å². The van der Waals surface area contributed by atoms with E-state index in [4.69, 9.17) is 5.11 Å². The molecule has 0 fully saturated rings. The topological polar surface area (TPSA) is 69.6 Å². The summed E-state index contributed by atoms with van der Waals surface area (Å²) in [5, 5.41) is 21.2. The Hall–Kier alpha value is -1.46. The average molecular weight is 255 g/mol. The van der Waals surface area contributed by atoms with Crippen molar-refractivity contribution in [3.63, 3.8) is 0 Å². The van der Waals surface area contributed by atoms with Crippen LogP contribution in [0.25, 0.3) is 0 Å². The molecule has 0 bridgehead atoms. The molecule has 1 rings (SSSR count).